The van der Waals surface area contributed by atoms with E-state index in [1.807, 2.05) is 0 Å². The maximum atomic E-state index is 12.7. The average molecular weight is 365 g/mol. The number of ether oxygens (including phenoxy) is 1. The Hall–Kier alpha value is -1.31. The van der Waals surface area contributed by atoms with Gasteiger partial charge in [0.1, 0.15) is 0 Å². The normalized spacial score (nSPS) is 22.9. The Balaban J connectivity index is 2.06. The predicted octanol–water partition coefficient (Wildman–Crippen LogP) is 3.62. The van der Waals surface area contributed by atoms with Crippen molar-refractivity contribution in [3.8, 4) is 0 Å². The average Bonchev–Trinajstić information content (AvgIpc) is 2.84. The van der Waals surface area contributed by atoms with Gasteiger partial charge in [-0.15, -0.1) is 5.06 Å². The molecule has 144 valence electrons. The SMILES string of the molecule is CCOC(=O)C1(C2CCCCCC2)CCN(OC(=O)C(F)(F)F)CC1. The fraction of sp³-hybridized carbons (Fsp3) is 0.882. The number of carbonyl (C=O) groups is 2. The van der Waals surface area contributed by atoms with Crippen LogP contribution in [0, 0.1) is 11.3 Å². The van der Waals surface area contributed by atoms with Crippen molar-refractivity contribution in [2.75, 3.05) is 19.7 Å². The number of hydrogen-bond donors (Lipinski definition) is 0. The van der Waals surface area contributed by atoms with Crippen LogP contribution in [0.2, 0.25) is 0 Å². The van der Waals surface area contributed by atoms with Gasteiger partial charge in [0.15, 0.2) is 0 Å². The van der Waals surface area contributed by atoms with E-state index in [0.29, 0.717) is 12.8 Å². The van der Waals surface area contributed by atoms with Gasteiger partial charge in [0.25, 0.3) is 0 Å². The lowest BCUT2D eigenvalue weighted by Crippen LogP contribution is -2.50. The lowest BCUT2D eigenvalue weighted by atomic mass is 9.66. The van der Waals surface area contributed by atoms with Gasteiger partial charge in [0.05, 0.1) is 12.0 Å². The van der Waals surface area contributed by atoms with E-state index in [9.17, 15) is 22.8 Å². The van der Waals surface area contributed by atoms with E-state index in [1.54, 1.807) is 6.92 Å². The third-order valence-electron chi connectivity index (χ3n) is 5.38. The zero-order valence-electron chi connectivity index (χ0n) is 14.6. The Morgan fingerprint density at radius 3 is 2.12 bits per heavy atom. The van der Waals surface area contributed by atoms with Crippen LogP contribution in [-0.4, -0.2) is 42.9 Å². The van der Waals surface area contributed by atoms with Gasteiger partial charge in [0, 0.05) is 13.1 Å². The molecule has 0 aromatic heterocycles. The minimum Gasteiger partial charge on any atom is -0.466 e. The topological polar surface area (TPSA) is 55.8 Å². The zero-order chi connectivity index (χ0) is 18.5. The Kier molecular flexibility index (Phi) is 6.71. The van der Waals surface area contributed by atoms with Crippen molar-refractivity contribution in [2.24, 2.45) is 11.3 Å². The summed E-state index contributed by atoms with van der Waals surface area (Å²) in [6, 6.07) is 0. The maximum absolute atomic E-state index is 12.7. The Bertz CT molecular complexity index is 465. The number of nitrogens with zero attached hydrogens (tertiary/aromatic N) is 1. The highest BCUT2D eigenvalue weighted by atomic mass is 19.4. The van der Waals surface area contributed by atoms with E-state index in [1.165, 1.54) is 0 Å². The van der Waals surface area contributed by atoms with Crippen molar-refractivity contribution in [1.82, 2.24) is 5.06 Å². The summed E-state index contributed by atoms with van der Waals surface area (Å²) in [6.45, 7) is 2.24. The van der Waals surface area contributed by atoms with Crippen LogP contribution in [0.15, 0.2) is 0 Å². The number of alkyl halides is 3. The first-order valence-electron chi connectivity index (χ1n) is 9.01. The van der Waals surface area contributed by atoms with Gasteiger partial charge in [-0.3, -0.25) is 4.79 Å². The molecule has 0 radical (unpaired) electrons. The molecule has 1 aliphatic heterocycles. The number of hydroxylamine groups is 2. The molecule has 1 heterocycles. The number of esters is 1. The van der Waals surface area contributed by atoms with Gasteiger partial charge >= 0.3 is 18.1 Å². The van der Waals surface area contributed by atoms with E-state index in [0.717, 1.165) is 43.6 Å². The first-order valence-corrected chi connectivity index (χ1v) is 9.01. The van der Waals surface area contributed by atoms with E-state index < -0.39 is 17.6 Å². The molecule has 0 N–H and O–H groups in total. The van der Waals surface area contributed by atoms with Crippen molar-refractivity contribution in [3.63, 3.8) is 0 Å². The molecular weight excluding hydrogens is 339 g/mol. The molecule has 5 nitrogen and oxygen atoms in total. The van der Waals surface area contributed by atoms with Crippen LogP contribution in [0.25, 0.3) is 0 Å². The van der Waals surface area contributed by atoms with Crippen molar-refractivity contribution in [1.29, 1.82) is 0 Å². The molecule has 1 saturated carbocycles. The van der Waals surface area contributed by atoms with E-state index >= 15 is 0 Å². The molecule has 1 saturated heterocycles. The van der Waals surface area contributed by atoms with Gasteiger partial charge in [-0.2, -0.15) is 13.2 Å². The number of hydrogen-bond acceptors (Lipinski definition) is 5. The van der Waals surface area contributed by atoms with Gasteiger partial charge < -0.3 is 9.57 Å². The lowest BCUT2D eigenvalue weighted by Gasteiger charge is -2.43. The smallest absolute Gasteiger partial charge is 0.466 e. The number of rotatable bonds is 4. The molecule has 0 unspecified atom stereocenters. The molecule has 0 spiro atoms. The molecule has 2 fully saturated rings. The summed E-state index contributed by atoms with van der Waals surface area (Å²) in [5, 5.41) is 1.02. The van der Waals surface area contributed by atoms with Crippen molar-refractivity contribution in [3.05, 3.63) is 0 Å². The van der Waals surface area contributed by atoms with Gasteiger partial charge in [0.2, 0.25) is 0 Å². The molecule has 25 heavy (non-hydrogen) atoms. The summed E-state index contributed by atoms with van der Waals surface area (Å²) in [5.74, 6) is -2.30. The van der Waals surface area contributed by atoms with Crippen molar-refractivity contribution in [2.45, 2.75) is 64.5 Å². The summed E-state index contributed by atoms with van der Waals surface area (Å²) in [5.41, 5.74) is -0.679. The summed E-state index contributed by atoms with van der Waals surface area (Å²) < 4.78 is 42.3. The molecule has 0 aromatic rings. The van der Waals surface area contributed by atoms with Crippen LogP contribution in [0.3, 0.4) is 0 Å². The maximum Gasteiger partial charge on any atom is 0.492 e. The fourth-order valence-corrected chi connectivity index (χ4v) is 4.03. The second-order valence-electron chi connectivity index (χ2n) is 6.87. The second-order valence-corrected chi connectivity index (χ2v) is 6.87. The third-order valence-corrected chi connectivity index (χ3v) is 5.38. The second kappa shape index (κ2) is 8.38. The van der Waals surface area contributed by atoms with E-state index in [4.69, 9.17) is 4.74 Å². The molecular formula is C17H26F3NO4. The molecule has 8 heteroatoms. The number of carbonyl (C=O) groups excluding carboxylic acids is 2. The van der Waals surface area contributed by atoms with Crippen LogP contribution < -0.4 is 0 Å². The number of halogens is 3. The van der Waals surface area contributed by atoms with Crippen LogP contribution in [0.5, 0.6) is 0 Å². The number of piperidine rings is 1. The van der Waals surface area contributed by atoms with E-state index in [-0.39, 0.29) is 31.6 Å². The quantitative estimate of drug-likeness (QED) is 0.563. The highest BCUT2D eigenvalue weighted by Crippen LogP contribution is 2.46. The van der Waals surface area contributed by atoms with E-state index in [2.05, 4.69) is 4.84 Å². The van der Waals surface area contributed by atoms with Crippen molar-refractivity contribution < 1.29 is 32.3 Å². The molecule has 0 aromatic carbocycles. The molecule has 0 bridgehead atoms. The van der Waals surface area contributed by atoms with Gasteiger partial charge in [-0.1, -0.05) is 25.7 Å². The summed E-state index contributed by atoms with van der Waals surface area (Å²) in [6.07, 6.45) is 1.94. The molecule has 1 aliphatic carbocycles. The lowest BCUT2D eigenvalue weighted by molar-refractivity contribution is -0.246. The summed E-state index contributed by atoms with van der Waals surface area (Å²) in [4.78, 5) is 28.1. The largest absolute Gasteiger partial charge is 0.492 e. The van der Waals surface area contributed by atoms with Crippen LogP contribution in [-0.2, 0) is 19.2 Å². The zero-order valence-corrected chi connectivity index (χ0v) is 14.6. The molecule has 0 amide bonds. The Morgan fingerprint density at radius 1 is 1.08 bits per heavy atom. The molecule has 2 rings (SSSR count). The Morgan fingerprint density at radius 2 is 1.64 bits per heavy atom. The summed E-state index contributed by atoms with van der Waals surface area (Å²) in [7, 11) is 0. The van der Waals surface area contributed by atoms with Crippen LogP contribution in [0.4, 0.5) is 13.2 Å². The van der Waals surface area contributed by atoms with Gasteiger partial charge in [-0.25, -0.2) is 4.79 Å². The first-order chi connectivity index (χ1) is 11.8. The van der Waals surface area contributed by atoms with Gasteiger partial charge in [-0.05, 0) is 38.5 Å². The molecule has 2 aliphatic rings. The highest BCUT2D eigenvalue weighted by Gasteiger charge is 2.50. The minimum atomic E-state index is -5.02. The van der Waals surface area contributed by atoms with Crippen LogP contribution in [0.1, 0.15) is 58.3 Å². The first kappa shape index (κ1) is 20.0. The highest BCUT2D eigenvalue weighted by molar-refractivity contribution is 5.77. The molecule has 0 atom stereocenters. The standard InChI is InChI=1S/C17H26F3NO4/c1-2-24-14(22)16(13-7-5-3-4-6-8-13)9-11-21(12-10-16)25-15(23)17(18,19)20/h13H,2-12H2,1H3. The predicted molar refractivity (Wildman–Crippen MR) is 83.2 cm³/mol. The monoisotopic (exact) mass is 365 g/mol. The van der Waals surface area contributed by atoms with Crippen molar-refractivity contribution >= 4 is 11.9 Å². The fourth-order valence-electron chi connectivity index (χ4n) is 4.03. The van der Waals surface area contributed by atoms with Crippen LogP contribution >= 0.6 is 0 Å². The third kappa shape index (κ3) is 4.86. The summed E-state index contributed by atoms with van der Waals surface area (Å²) >= 11 is 0. The Labute approximate surface area is 145 Å². The minimum absolute atomic E-state index is 0.108.